The number of hydrogen-bond donors (Lipinski definition) is 4. The highest BCUT2D eigenvalue weighted by molar-refractivity contribution is 6.01. The van der Waals surface area contributed by atoms with Gasteiger partial charge in [-0.3, -0.25) is 33.6 Å². The van der Waals surface area contributed by atoms with Crippen molar-refractivity contribution >= 4 is 47.6 Å². The van der Waals surface area contributed by atoms with E-state index in [9.17, 15) is 38.4 Å². The van der Waals surface area contributed by atoms with Crippen LogP contribution in [0, 0.1) is 0 Å². The van der Waals surface area contributed by atoms with Crippen LogP contribution in [0.2, 0.25) is 0 Å². The van der Waals surface area contributed by atoms with Gasteiger partial charge < -0.3 is 35.6 Å². The van der Waals surface area contributed by atoms with Gasteiger partial charge in [0.05, 0.1) is 32.2 Å². The molecule has 0 aromatic rings. The Hall–Kier alpha value is -4.08. The van der Waals surface area contributed by atoms with E-state index in [1.807, 2.05) is 13.8 Å². The summed E-state index contributed by atoms with van der Waals surface area (Å²) in [6.07, 6.45) is 1.69. The Balaban J connectivity index is -0.000000120. The lowest BCUT2D eigenvalue weighted by Gasteiger charge is -2.11. The number of rotatable bonds is 16. The third kappa shape index (κ3) is 32.4. The summed E-state index contributed by atoms with van der Waals surface area (Å²) in [7, 11) is 0. The summed E-state index contributed by atoms with van der Waals surface area (Å²) in [4.78, 5) is 89.9. The highest BCUT2D eigenvalue weighted by Crippen LogP contribution is 2.12. The molecule has 3 amide bonds. The topological polar surface area (TPSA) is 246 Å². The van der Waals surface area contributed by atoms with E-state index in [2.05, 4.69) is 14.9 Å². The number of carbonyl (C=O) groups excluding carboxylic acids is 6. The minimum Gasteiger partial charge on any atom is -0.481 e. The number of hydroxylamine groups is 2. The highest BCUT2D eigenvalue weighted by Gasteiger charge is 2.32. The van der Waals surface area contributed by atoms with Gasteiger partial charge in [0.25, 0.3) is 11.8 Å². The molecular formula is C28H55N3O13. The lowest BCUT2D eigenvalue weighted by molar-refractivity contribution is -0.197. The summed E-state index contributed by atoms with van der Waals surface area (Å²) in [5.41, 5.74) is 5.04. The average Bonchev–Trinajstić information content (AvgIpc) is 3.20. The number of carboxylic acid groups (broad SMARTS) is 2. The maximum Gasteiger partial charge on any atom is 0.333 e. The largest absolute Gasteiger partial charge is 0.481 e. The molecule has 0 aromatic carbocycles. The van der Waals surface area contributed by atoms with E-state index >= 15 is 0 Å². The Labute approximate surface area is 260 Å². The summed E-state index contributed by atoms with van der Waals surface area (Å²) in [5.74, 6) is -4.60. The SMILES string of the molecule is C.C.C.C.CCCC(=O)NCCOC(=O)CCC(=O)O.CCCC(=O)ON1C(=O)CCC1=O.NCCOC(=O)CCC(=O)O. The maximum absolute atomic E-state index is 11.0. The van der Waals surface area contributed by atoms with Crippen LogP contribution in [0.1, 0.15) is 108 Å². The molecule has 0 radical (unpaired) electrons. The van der Waals surface area contributed by atoms with Gasteiger partial charge in [-0.25, -0.2) is 4.79 Å². The molecule has 1 saturated heterocycles. The summed E-state index contributed by atoms with van der Waals surface area (Å²) in [5, 5.41) is 19.6. The minimum atomic E-state index is -1.03. The molecule has 1 rings (SSSR count). The standard InChI is InChI=1S/C10H17NO5.C8H11NO4.C6H11NO4.4CH4/c1-2-3-8(12)11-6-7-16-10(15)5-4-9(13)14;1-2-3-8(12)13-9-6(10)4-5-7(9)11;7-3-4-11-6(10)2-1-5(8)9;;;;/h2-7H2,1H3,(H,11,12)(H,13,14);2-5H2,1H3;1-4,7H2,(H,8,9);4*1H4. The van der Waals surface area contributed by atoms with Crippen LogP contribution < -0.4 is 11.1 Å². The third-order valence-corrected chi connectivity index (χ3v) is 4.28. The van der Waals surface area contributed by atoms with Gasteiger partial charge in [-0.05, 0) is 12.8 Å². The Morgan fingerprint density at radius 3 is 1.52 bits per heavy atom. The number of carboxylic acids is 2. The first kappa shape index (κ1) is 52.6. The van der Waals surface area contributed by atoms with Crippen molar-refractivity contribution in [3.05, 3.63) is 0 Å². The predicted molar refractivity (Wildman–Crippen MR) is 162 cm³/mol. The molecule has 0 aliphatic carbocycles. The molecule has 0 saturated carbocycles. The fourth-order valence-corrected chi connectivity index (χ4v) is 2.42. The van der Waals surface area contributed by atoms with Crippen molar-refractivity contribution in [3.63, 3.8) is 0 Å². The van der Waals surface area contributed by atoms with E-state index in [0.717, 1.165) is 6.42 Å². The molecule has 0 atom stereocenters. The number of ether oxygens (including phenoxy) is 2. The molecular weight excluding hydrogens is 586 g/mol. The minimum absolute atomic E-state index is 0. The smallest absolute Gasteiger partial charge is 0.333 e. The van der Waals surface area contributed by atoms with Crippen LogP contribution in [0.3, 0.4) is 0 Å². The van der Waals surface area contributed by atoms with Crippen molar-refractivity contribution in [2.45, 2.75) is 108 Å². The molecule has 0 spiro atoms. The molecule has 16 heteroatoms. The molecule has 1 aliphatic heterocycles. The van der Waals surface area contributed by atoms with Crippen molar-refractivity contribution in [1.29, 1.82) is 0 Å². The van der Waals surface area contributed by atoms with E-state index in [1.165, 1.54) is 0 Å². The van der Waals surface area contributed by atoms with E-state index in [0.29, 0.717) is 17.9 Å². The quantitative estimate of drug-likeness (QED) is 0.107. The molecule has 1 fully saturated rings. The van der Waals surface area contributed by atoms with Crippen molar-refractivity contribution in [1.82, 2.24) is 10.4 Å². The number of nitrogens with zero attached hydrogens (tertiary/aromatic N) is 1. The normalized spacial score (nSPS) is 10.7. The van der Waals surface area contributed by atoms with Crippen LogP contribution in [0.4, 0.5) is 0 Å². The monoisotopic (exact) mass is 641 g/mol. The lowest BCUT2D eigenvalue weighted by atomic mass is 10.3. The zero-order valence-electron chi connectivity index (χ0n) is 22.8. The summed E-state index contributed by atoms with van der Waals surface area (Å²) < 4.78 is 9.22. The molecule has 260 valence electrons. The van der Waals surface area contributed by atoms with Crippen LogP contribution in [-0.4, -0.2) is 89.1 Å². The number of hydrogen-bond acceptors (Lipinski definition) is 12. The molecule has 0 aromatic heterocycles. The molecule has 16 nitrogen and oxygen atoms in total. The van der Waals surface area contributed by atoms with Gasteiger partial charge in [0.2, 0.25) is 5.91 Å². The second-order valence-corrected chi connectivity index (χ2v) is 7.91. The van der Waals surface area contributed by atoms with Crippen LogP contribution >= 0.6 is 0 Å². The molecule has 5 N–H and O–H groups in total. The van der Waals surface area contributed by atoms with Gasteiger partial charge in [0.15, 0.2) is 0 Å². The van der Waals surface area contributed by atoms with E-state index < -0.39 is 41.7 Å². The lowest BCUT2D eigenvalue weighted by Crippen LogP contribution is -2.31. The van der Waals surface area contributed by atoms with Gasteiger partial charge in [0, 0.05) is 32.2 Å². The van der Waals surface area contributed by atoms with Crippen LogP contribution in [0.15, 0.2) is 0 Å². The first-order valence-electron chi connectivity index (χ1n) is 12.7. The molecule has 1 heterocycles. The molecule has 0 bridgehead atoms. The van der Waals surface area contributed by atoms with Gasteiger partial charge in [0.1, 0.15) is 13.2 Å². The van der Waals surface area contributed by atoms with Crippen molar-refractivity contribution in [2.75, 3.05) is 26.3 Å². The maximum atomic E-state index is 11.0. The van der Waals surface area contributed by atoms with Crippen LogP contribution in [0.5, 0.6) is 0 Å². The predicted octanol–water partition coefficient (Wildman–Crippen LogP) is 2.60. The Bertz CT molecular complexity index is 848. The third-order valence-electron chi connectivity index (χ3n) is 4.28. The molecule has 0 unspecified atom stereocenters. The number of esters is 2. The first-order chi connectivity index (χ1) is 18.9. The van der Waals surface area contributed by atoms with E-state index in [-0.39, 0.29) is 107 Å². The van der Waals surface area contributed by atoms with Gasteiger partial charge in [-0.2, -0.15) is 0 Å². The fourth-order valence-electron chi connectivity index (χ4n) is 2.42. The molecule has 1 aliphatic rings. The zero-order valence-corrected chi connectivity index (χ0v) is 22.8. The first-order valence-corrected chi connectivity index (χ1v) is 12.7. The van der Waals surface area contributed by atoms with E-state index in [1.54, 1.807) is 0 Å². The second kappa shape index (κ2) is 33.4. The summed E-state index contributed by atoms with van der Waals surface area (Å²) >= 11 is 0. The average molecular weight is 642 g/mol. The van der Waals surface area contributed by atoms with E-state index in [4.69, 9.17) is 20.7 Å². The summed E-state index contributed by atoms with van der Waals surface area (Å²) in [6.45, 7) is 4.46. The fraction of sp³-hybridized carbons (Fsp3) is 0.714. The van der Waals surface area contributed by atoms with Crippen molar-refractivity contribution in [2.24, 2.45) is 5.73 Å². The Morgan fingerprint density at radius 1 is 0.705 bits per heavy atom. The number of imide groups is 1. The number of nitrogens with one attached hydrogen (secondary N) is 1. The van der Waals surface area contributed by atoms with Crippen LogP contribution in [0.25, 0.3) is 0 Å². The number of nitrogens with two attached hydrogens (primary N) is 1. The number of aliphatic carboxylic acids is 2. The Morgan fingerprint density at radius 2 is 1.14 bits per heavy atom. The summed E-state index contributed by atoms with van der Waals surface area (Å²) in [6, 6.07) is 0. The van der Waals surface area contributed by atoms with Gasteiger partial charge in [-0.1, -0.05) is 43.6 Å². The second-order valence-electron chi connectivity index (χ2n) is 7.91. The Kier molecular flexibility index (Phi) is 39.9. The van der Waals surface area contributed by atoms with Crippen molar-refractivity contribution in [3.8, 4) is 0 Å². The van der Waals surface area contributed by atoms with Gasteiger partial charge >= 0.3 is 29.8 Å². The van der Waals surface area contributed by atoms with Crippen molar-refractivity contribution < 1.29 is 62.9 Å². The number of amides is 3. The molecule has 44 heavy (non-hydrogen) atoms. The van der Waals surface area contributed by atoms with Crippen LogP contribution in [-0.2, 0) is 52.7 Å². The van der Waals surface area contributed by atoms with Gasteiger partial charge in [-0.15, -0.1) is 5.06 Å². The zero-order chi connectivity index (χ0) is 30.9. The number of carbonyl (C=O) groups is 8. The highest BCUT2D eigenvalue weighted by atomic mass is 16.7.